The van der Waals surface area contributed by atoms with E-state index in [1.54, 1.807) is 0 Å². The van der Waals surface area contributed by atoms with Crippen molar-refractivity contribution >= 4 is 17.3 Å². The maximum absolute atomic E-state index is 6.30. The molecule has 0 unspecified atom stereocenters. The van der Waals surface area contributed by atoms with Gasteiger partial charge in [-0.05, 0) is 61.6 Å². The van der Waals surface area contributed by atoms with Crippen LogP contribution in [0.2, 0.25) is 5.02 Å². The Morgan fingerprint density at radius 2 is 1.93 bits per heavy atom. The molecule has 4 rings (SSSR count). The maximum Gasteiger partial charge on any atom is 0.0623 e. The molecular formula is C22H28ClN3O. The van der Waals surface area contributed by atoms with Crippen LogP contribution in [0.3, 0.4) is 0 Å². The number of rotatable bonds is 5. The Bertz CT molecular complexity index is 746. The molecular weight excluding hydrogens is 358 g/mol. The second kappa shape index (κ2) is 8.59. The highest BCUT2D eigenvalue weighted by Crippen LogP contribution is 2.27. The average Bonchev–Trinajstić information content (AvgIpc) is 3.12. The number of hydrogen-bond donors (Lipinski definition) is 1. The second-order valence-electron chi connectivity index (χ2n) is 7.83. The minimum atomic E-state index is 0.448. The van der Waals surface area contributed by atoms with Crippen LogP contribution in [0.4, 0.5) is 5.69 Å². The van der Waals surface area contributed by atoms with E-state index in [9.17, 15) is 0 Å². The Kier molecular flexibility index (Phi) is 5.96. The molecule has 0 saturated carbocycles. The van der Waals surface area contributed by atoms with Gasteiger partial charge in [0.2, 0.25) is 0 Å². The summed E-state index contributed by atoms with van der Waals surface area (Å²) in [5, 5.41) is 4.74. The smallest absolute Gasteiger partial charge is 0.0623 e. The molecule has 1 aromatic heterocycles. The predicted molar refractivity (Wildman–Crippen MR) is 111 cm³/mol. The van der Waals surface area contributed by atoms with Gasteiger partial charge in [-0.3, -0.25) is 4.98 Å². The van der Waals surface area contributed by atoms with E-state index < -0.39 is 0 Å². The molecule has 0 amide bonds. The monoisotopic (exact) mass is 385 g/mol. The van der Waals surface area contributed by atoms with Gasteiger partial charge in [0.05, 0.1) is 13.2 Å². The fraction of sp³-hybridized carbons (Fsp3) is 0.500. The quantitative estimate of drug-likeness (QED) is 0.848. The van der Waals surface area contributed by atoms with Crippen LogP contribution in [0.25, 0.3) is 0 Å². The maximum atomic E-state index is 6.30. The van der Waals surface area contributed by atoms with Crippen LogP contribution in [0.15, 0.2) is 42.7 Å². The van der Waals surface area contributed by atoms with Crippen molar-refractivity contribution in [2.45, 2.75) is 38.3 Å². The van der Waals surface area contributed by atoms with Crippen LogP contribution in [-0.2, 0) is 11.2 Å². The predicted octanol–water partition coefficient (Wildman–Crippen LogP) is 3.86. The number of hydrogen-bond acceptors (Lipinski definition) is 4. The van der Waals surface area contributed by atoms with Crippen molar-refractivity contribution in [3.8, 4) is 0 Å². The molecule has 27 heavy (non-hydrogen) atoms. The van der Waals surface area contributed by atoms with Gasteiger partial charge in [0.15, 0.2) is 0 Å². The Morgan fingerprint density at radius 3 is 2.67 bits per heavy atom. The van der Waals surface area contributed by atoms with E-state index in [0.717, 1.165) is 56.2 Å². The van der Waals surface area contributed by atoms with E-state index in [1.165, 1.54) is 11.3 Å². The number of benzene rings is 1. The minimum absolute atomic E-state index is 0.448. The number of aryl methyl sites for hydroxylation is 1. The van der Waals surface area contributed by atoms with E-state index in [4.69, 9.17) is 16.3 Å². The summed E-state index contributed by atoms with van der Waals surface area (Å²) >= 11 is 6.30. The van der Waals surface area contributed by atoms with Crippen LogP contribution >= 0.6 is 11.6 Å². The van der Waals surface area contributed by atoms with E-state index in [2.05, 4.69) is 45.5 Å². The SMILES string of the molecule is Cc1ccc(N2CCC(N[C@H]3COC[C@H]3Cc3ccncc3)CC2)cc1Cl. The van der Waals surface area contributed by atoms with Crippen molar-refractivity contribution < 1.29 is 4.74 Å². The molecule has 4 nitrogen and oxygen atoms in total. The van der Waals surface area contributed by atoms with Gasteiger partial charge in [-0.15, -0.1) is 0 Å². The van der Waals surface area contributed by atoms with Gasteiger partial charge < -0.3 is 15.0 Å². The van der Waals surface area contributed by atoms with Crippen molar-refractivity contribution in [2.75, 3.05) is 31.2 Å². The first-order chi connectivity index (χ1) is 13.2. The minimum Gasteiger partial charge on any atom is -0.379 e. The van der Waals surface area contributed by atoms with Crippen molar-refractivity contribution in [1.29, 1.82) is 0 Å². The Labute approximate surface area is 166 Å². The van der Waals surface area contributed by atoms with Gasteiger partial charge in [0, 0.05) is 54.2 Å². The summed E-state index contributed by atoms with van der Waals surface area (Å²) in [6.07, 6.45) is 7.12. The number of nitrogens with zero attached hydrogens (tertiary/aromatic N) is 2. The molecule has 0 bridgehead atoms. The van der Waals surface area contributed by atoms with E-state index in [-0.39, 0.29) is 0 Å². The second-order valence-corrected chi connectivity index (χ2v) is 8.23. The number of nitrogens with one attached hydrogen (secondary N) is 1. The highest BCUT2D eigenvalue weighted by molar-refractivity contribution is 6.31. The zero-order chi connectivity index (χ0) is 18.6. The Balaban J connectivity index is 1.30. The molecule has 2 fully saturated rings. The molecule has 2 saturated heterocycles. The zero-order valence-corrected chi connectivity index (χ0v) is 16.7. The van der Waals surface area contributed by atoms with Gasteiger partial charge in [-0.1, -0.05) is 17.7 Å². The molecule has 3 heterocycles. The molecule has 144 valence electrons. The molecule has 0 spiro atoms. The van der Waals surface area contributed by atoms with E-state index in [1.807, 2.05) is 19.3 Å². The first-order valence-corrected chi connectivity index (χ1v) is 10.3. The van der Waals surface area contributed by atoms with Gasteiger partial charge in [-0.2, -0.15) is 0 Å². The van der Waals surface area contributed by atoms with Crippen molar-refractivity contribution in [1.82, 2.24) is 10.3 Å². The van der Waals surface area contributed by atoms with Gasteiger partial charge in [-0.25, -0.2) is 0 Å². The number of piperidine rings is 1. The van der Waals surface area contributed by atoms with Crippen LogP contribution in [0, 0.1) is 12.8 Å². The highest BCUT2D eigenvalue weighted by Gasteiger charge is 2.31. The fourth-order valence-corrected chi connectivity index (χ4v) is 4.37. The van der Waals surface area contributed by atoms with Gasteiger partial charge in [0.1, 0.15) is 0 Å². The average molecular weight is 386 g/mol. The van der Waals surface area contributed by atoms with E-state index in [0.29, 0.717) is 18.0 Å². The molecule has 5 heteroatoms. The third kappa shape index (κ3) is 4.63. The summed E-state index contributed by atoms with van der Waals surface area (Å²) in [5.74, 6) is 0.543. The largest absolute Gasteiger partial charge is 0.379 e. The first kappa shape index (κ1) is 18.7. The van der Waals surface area contributed by atoms with Gasteiger partial charge >= 0.3 is 0 Å². The highest BCUT2D eigenvalue weighted by atomic mass is 35.5. The lowest BCUT2D eigenvalue weighted by Gasteiger charge is -2.36. The lowest BCUT2D eigenvalue weighted by Crippen LogP contribution is -2.48. The standard InChI is InChI=1S/C22H28ClN3O/c1-16-2-3-20(13-21(16)23)26-10-6-19(7-11-26)25-22-15-27-14-18(22)12-17-4-8-24-9-5-17/h2-5,8-9,13,18-19,22,25H,6-7,10-12,14-15H2,1H3/t18-,22+/m1/s1. The Hall–Kier alpha value is -1.62. The number of halogens is 1. The van der Waals surface area contributed by atoms with Crippen LogP contribution in [-0.4, -0.2) is 43.4 Å². The topological polar surface area (TPSA) is 37.4 Å². The number of ether oxygens (including phenoxy) is 1. The number of pyridine rings is 1. The molecule has 0 aliphatic carbocycles. The molecule has 2 aliphatic heterocycles. The molecule has 1 aromatic carbocycles. The molecule has 1 N–H and O–H groups in total. The number of anilines is 1. The van der Waals surface area contributed by atoms with Crippen molar-refractivity contribution in [3.05, 3.63) is 58.9 Å². The summed E-state index contributed by atoms with van der Waals surface area (Å²) < 4.78 is 5.80. The normalized spacial score (nSPS) is 23.7. The summed E-state index contributed by atoms with van der Waals surface area (Å²) in [7, 11) is 0. The summed E-state index contributed by atoms with van der Waals surface area (Å²) in [6.45, 7) is 5.86. The van der Waals surface area contributed by atoms with Crippen molar-refractivity contribution in [3.63, 3.8) is 0 Å². The molecule has 2 aromatic rings. The Morgan fingerprint density at radius 1 is 1.15 bits per heavy atom. The summed E-state index contributed by atoms with van der Waals surface area (Å²) in [5.41, 5.74) is 3.72. The number of aromatic nitrogens is 1. The fourth-order valence-electron chi connectivity index (χ4n) is 4.19. The molecule has 0 radical (unpaired) electrons. The summed E-state index contributed by atoms with van der Waals surface area (Å²) in [4.78, 5) is 6.56. The van der Waals surface area contributed by atoms with E-state index >= 15 is 0 Å². The van der Waals surface area contributed by atoms with Crippen LogP contribution in [0.1, 0.15) is 24.0 Å². The van der Waals surface area contributed by atoms with Crippen molar-refractivity contribution in [2.24, 2.45) is 5.92 Å². The molecule has 2 atom stereocenters. The molecule has 2 aliphatic rings. The third-order valence-electron chi connectivity index (χ3n) is 5.91. The lowest BCUT2D eigenvalue weighted by molar-refractivity contribution is 0.181. The lowest BCUT2D eigenvalue weighted by atomic mass is 9.93. The summed E-state index contributed by atoms with van der Waals surface area (Å²) in [6, 6.07) is 11.6. The third-order valence-corrected chi connectivity index (χ3v) is 6.32. The van der Waals surface area contributed by atoms with Crippen LogP contribution in [0.5, 0.6) is 0 Å². The van der Waals surface area contributed by atoms with Crippen LogP contribution < -0.4 is 10.2 Å². The first-order valence-electron chi connectivity index (χ1n) is 9.93. The zero-order valence-electron chi connectivity index (χ0n) is 15.9. The van der Waals surface area contributed by atoms with Gasteiger partial charge in [0.25, 0.3) is 0 Å².